The first-order valence-corrected chi connectivity index (χ1v) is 9.37. The first-order valence-electron chi connectivity index (χ1n) is 7.76. The molecule has 2 aromatic rings. The molecule has 132 valence electrons. The molecule has 1 aromatic carbocycles. The molecule has 0 radical (unpaired) electrons. The molecule has 1 N–H and O–H groups in total. The Kier molecular flexibility index (Phi) is 3.88. The number of amidine groups is 1. The van der Waals surface area contributed by atoms with E-state index in [0.717, 1.165) is 5.69 Å². The summed E-state index contributed by atoms with van der Waals surface area (Å²) in [7, 11) is -3.55. The Morgan fingerprint density at radius 2 is 2.00 bits per heavy atom. The summed E-state index contributed by atoms with van der Waals surface area (Å²) in [6, 6.07) is 7.03. The van der Waals surface area contributed by atoms with Crippen LogP contribution in [0.1, 0.15) is 0 Å². The van der Waals surface area contributed by atoms with Crippen molar-refractivity contribution in [1.29, 1.82) is 0 Å². The maximum Gasteiger partial charge on any atom is 0.259 e. The van der Waals surface area contributed by atoms with E-state index in [4.69, 9.17) is 0 Å². The molecule has 1 aromatic heterocycles. The van der Waals surface area contributed by atoms with Crippen LogP contribution in [0, 0.1) is 0 Å². The normalized spacial score (nSPS) is 17.9. The molecular weight excluding hydrogens is 356 g/mol. The second kappa shape index (κ2) is 6.23. The van der Waals surface area contributed by atoms with Gasteiger partial charge in [0.05, 0.1) is 17.0 Å². The van der Waals surface area contributed by atoms with Crippen molar-refractivity contribution in [3.8, 4) is 5.69 Å². The highest BCUT2D eigenvalue weighted by molar-refractivity contribution is 7.90. The Morgan fingerprint density at radius 3 is 2.73 bits per heavy atom. The van der Waals surface area contributed by atoms with Gasteiger partial charge in [-0.25, -0.2) is 18.1 Å². The predicted octanol–water partition coefficient (Wildman–Crippen LogP) is 0.703. The van der Waals surface area contributed by atoms with Crippen LogP contribution in [0.2, 0.25) is 0 Å². The molecule has 1 amide bonds. The Bertz CT molecular complexity index is 1040. The Labute approximate surface area is 149 Å². The smallest absolute Gasteiger partial charge is 0.259 e. The fourth-order valence-electron chi connectivity index (χ4n) is 2.63. The number of anilines is 1. The zero-order valence-corrected chi connectivity index (χ0v) is 14.3. The van der Waals surface area contributed by atoms with Gasteiger partial charge in [0.15, 0.2) is 5.84 Å². The van der Waals surface area contributed by atoms with Gasteiger partial charge in [-0.2, -0.15) is 5.10 Å². The number of aromatic nitrogens is 3. The third kappa shape index (κ3) is 3.14. The fourth-order valence-corrected chi connectivity index (χ4v) is 3.62. The van der Waals surface area contributed by atoms with Crippen LogP contribution in [0.4, 0.5) is 5.69 Å². The van der Waals surface area contributed by atoms with Crippen LogP contribution in [0.3, 0.4) is 0 Å². The molecule has 9 nitrogen and oxygen atoms in total. The van der Waals surface area contributed by atoms with Crippen molar-refractivity contribution in [2.45, 2.75) is 0 Å². The van der Waals surface area contributed by atoms with E-state index in [0.29, 0.717) is 5.69 Å². The monoisotopic (exact) mass is 370 g/mol. The summed E-state index contributed by atoms with van der Waals surface area (Å²) in [5, 5.41) is 6.79. The molecular formula is C16H14N6O3S. The average Bonchev–Trinajstić information content (AvgIpc) is 3.15. The van der Waals surface area contributed by atoms with Gasteiger partial charge in [0.2, 0.25) is 0 Å². The molecule has 0 spiro atoms. The molecule has 0 atom stereocenters. The summed E-state index contributed by atoms with van der Waals surface area (Å²) in [6.07, 6.45) is 7.96. The van der Waals surface area contributed by atoms with Crippen molar-refractivity contribution in [3.63, 3.8) is 0 Å². The third-order valence-electron chi connectivity index (χ3n) is 3.91. The zero-order chi connectivity index (χ0) is 18.1. The summed E-state index contributed by atoms with van der Waals surface area (Å²) in [5.41, 5.74) is 1.57. The molecule has 0 aliphatic carbocycles. The number of rotatable bonds is 3. The highest BCUT2D eigenvalue weighted by Gasteiger charge is 2.29. The lowest BCUT2D eigenvalue weighted by Crippen LogP contribution is -2.40. The first kappa shape index (κ1) is 16.2. The second-order valence-corrected chi connectivity index (χ2v) is 7.41. The lowest BCUT2D eigenvalue weighted by molar-refractivity contribution is -0.112. The van der Waals surface area contributed by atoms with Crippen LogP contribution in [0.25, 0.3) is 5.69 Å². The lowest BCUT2D eigenvalue weighted by atomic mass is 10.1. The van der Waals surface area contributed by atoms with Crippen LogP contribution in [-0.2, 0) is 14.8 Å². The number of amides is 1. The van der Waals surface area contributed by atoms with E-state index in [2.05, 4.69) is 19.8 Å². The van der Waals surface area contributed by atoms with Gasteiger partial charge in [0.25, 0.3) is 15.9 Å². The van der Waals surface area contributed by atoms with Gasteiger partial charge < -0.3 is 10.2 Å². The maximum atomic E-state index is 12.6. The first-order chi connectivity index (χ1) is 12.5. The van der Waals surface area contributed by atoms with Gasteiger partial charge in [-0.3, -0.25) is 4.79 Å². The topological polar surface area (TPSA) is 110 Å². The molecule has 2 aliphatic heterocycles. The van der Waals surface area contributed by atoms with E-state index in [1.54, 1.807) is 58.5 Å². The SMILES string of the molecule is O=C(Nc1ccc(-n2cncn2)cc1)C1=CC=CN2CCS(=O)(=O)N=C12. The number of hydrogen-bond donors (Lipinski definition) is 1. The van der Waals surface area contributed by atoms with Crippen LogP contribution < -0.4 is 5.32 Å². The highest BCUT2D eigenvalue weighted by atomic mass is 32.2. The second-order valence-electron chi connectivity index (χ2n) is 5.66. The van der Waals surface area contributed by atoms with Crippen molar-refractivity contribution < 1.29 is 13.2 Å². The minimum Gasteiger partial charge on any atom is -0.331 e. The van der Waals surface area contributed by atoms with E-state index in [1.807, 2.05) is 0 Å². The zero-order valence-electron chi connectivity index (χ0n) is 13.5. The van der Waals surface area contributed by atoms with Gasteiger partial charge in [0, 0.05) is 18.4 Å². The summed E-state index contributed by atoms with van der Waals surface area (Å²) in [4.78, 5) is 18.1. The summed E-state index contributed by atoms with van der Waals surface area (Å²) in [6.45, 7) is 0.273. The minimum absolute atomic E-state index is 0.0700. The third-order valence-corrected chi connectivity index (χ3v) is 5.06. The minimum atomic E-state index is -3.55. The van der Waals surface area contributed by atoms with Gasteiger partial charge in [-0.05, 0) is 36.4 Å². The van der Waals surface area contributed by atoms with Crippen molar-refractivity contribution in [1.82, 2.24) is 19.7 Å². The summed E-state index contributed by atoms with van der Waals surface area (Å²) < 4.78 is 28.9. The number of sulfonamides is 1. The van der Waals surface area contributed by atoms with Crippen molar-refractivity contribution in [2.75, 3.05) is 17.6 Å². The van der Waals surface area contributed by atoms with Crippen molar-refractivity contribution in [2.24, 2.45) is 4.40 Å². The van der Waals surface area contributed by atoms with E-state index < -0.39 is 15.9 Å². The van der Waals surface area contributed by atoms with Gasteiger partial charge >= 0.3 is 0 Å². The van der Waals surface area contributed by atoms with Crippen LogP contribution in [0.5, 0.6) is 0 Å². The molecule has 3 heterocycles. The lowest BCUT2D eigenvalue weighted by Gasteiger charge is -2.28. The van der Waals surface area contributed by atoms with Gasteiger partial charge in [0.1, 0.15) is 12.7 Å². The number of carbonyl (C=O) groups is 1. The number of benzene rings is 1. The molecule has 2 aliphatic rings. The molecule has 0 bridgehead atoms. The summed E-state index contributed by atoms with van der Waals surface area (Å²) >= 11 is 0. The highest BCUT2D eigenvalue weighted by Crippen LogP contribution is 2.20. The van der Waals surface area contributed by atoms with E-state index in [-0.39, 0.29) is 23.7 Å². The number of allylic oxidation sites excluding steroid dienone is 2. The molecule has 0 unspecified atom stereocenters. The van der Waals surface area contributed by atoms with E-state index in [9.17, 15) is 13.2 Å². The number of hydrogen-bond acceptors (Lipinski definition) is 6. The van der Waals surface area contributed by atoms with Gasteiger partial charge in [-0.15, -0.1) is 4.40 Å². The van der Waals surface area contributed by atoms with Crippen molar-refractivity contribution >= 4 is 27.5 Å². The molecule has 0 fully saturated rings. The standard InChI is InChI=1S/C16H14N6O3S/c23-16(14-2-1-7-21-8-9-26(24,25)20-15(14)21)19-12-3-5-13(6-4-12)22-11-17-10-18-22/h1-7,10-11H,8-9H2,(H,19,23). The molecule has 0 saturated carbocycles. The Morgan fingerprint density at radius 1 is 1.19 bits per heavy atom. The number of fused-ring (bicyclic) bond motifs is 1. The number of carbonyl (C=O) groups excluding carboxylic acids is 1. The van der Waals surface area contributed by atoms with Crippen LogP contribution in [0.15, 0.2) is 65.2 Å². The molecule has 10 heteroatoms. The fraction of sp³-hybridized carbons (Fsp3) is 0.125. The number of nitrogens with one attached hydrogen (secondary N) is 1. The largest absolute Gasteiger partial charge is 0.331 e. The quantitative estimate of drug-likeness (QED) is 0.852. The van der Waals surface area contributed by atoms with Crippen LogP contribution in [-0.4, -0.2) is 52.1 Å². The Balaban J connectivity index is 1.55. The molecule has 26 heavy (non-hydrogen) atoms. The average molecular weight is 370 g/mol. The van der Waals surface area contributed by atoms with Crippen LogP contribution >= 0.6 is 0 Å². The maximum absolute atomic E-state index is 12.6. The van der Waals surface area contributed by atoms with E-state index in [1.165, 1.54) is 6.33 Å². The van der Waals surface area contributed by atoms with Gasteiger partial charge in [-0.1, -0.05) is 0 Å². The molecule has 0 saturated heterocycles. The van der Waals surface area contributed by atoms with E-state index >= 15 is 0 Å². The predicted molar refractivity (Wildman–Crippen MR) is 95.1 cm³/mol. The number of nitrogens with zero attached hydrogens (tertiary/aromatic N) is 5. The van der Waals surface area contributed by atoms with Crippen molar-refractivity contribution in [3.05, 3.63) is 60.8 Å². The Hall–Kier alpha value is -3.27. The molecule has 4 rings (SSSR count). The summed E-state index contributed by atoms with van der Waals surface area (Å²) in [5.74, 6) is -0.348.